The first-order chi connectivity index (χ1) is 11.6. The van der Waals surface area contributed by atoms with E-state index in [1.165, 1.54) is 37.7 Å². The highest BCUT2D eigenvalue weighted by molar-refractivity contribution is 14.1. The van der Waals surface area contributed by atoms with Gasteiger partial charge < -0.3 is 4.74 Å². The molecule has 0 spiro atoms. The SMILES string of the molecule is CO[C@H]1CC[C@@]2(I)[C@]3(I)CCC4=CC(=O)CC[C@]4(C)[C@@]3(I)CC[C@]12C. The summed E-state index contributed by atoms with van der Waals surface area (Å²) in [5.41, 5.74) is 1.85. The zero-order valence-corrected chi connectivity index (χ0v) is 21.7. The molecule has 5 heteroatoms. The Morgan fingerprint density at radius 2 is 1.68 bits per heavy atom. The molecule has 6 atom stereocenters. The normalized spacial score (nSPS) is 55.2. The molecule has 0 aliphatic heterocycles. The van der Waals surface area contributed by atoms with Gasteiger partial charge in [0.15, 0.2) is 5.78 Å². The molecule has 0 N–H and O–H groups in total. The van der Waals surface area contributed by atoms with Gasteiger partial charge in [0.05, 0.1) is 9.53 Å². The summed E-state index contributed by atoms with van der Waals surface area (Å²) in [6, 6.07) is 0. The number of methoxy groups -OCH3 is 1. The molecule has 0 aromatic heterocycles. The number of hydrogen-bond donors (Lipinski definition) is 0. The lowest BCUT2D eigenvalue weighted by molar-refractivity contribution is -0.116. The molecule has 0 heterocycles. The third-order valence-corrected chi connectivity index (χ3v) is 18.2. The zero-order valence-electron chi connectivity index (χ0n) is 15.3. The number of fused-ring (bicyclic) bond motifs is 5. The molecule has 4 aliphatic rings. The van der Waals surface area contributed by atoms with E-state index < -0.39 is 0 Å². The number of ketones is 1. The number of carbonyl (C=O) groups is 1. The summed E-state index contributed by atoms with van der Waals surface area (Å²) in [7, 11) is 1.90. The van der Waals surface area contributed by atoms with E-state index in [9.17, 15) is 4.79 Å². The Labute approximate surface area is 192 Å². The van der Waals surface area contributed by atoms with E-state index in [4.69, 9.17) is 4.74 Å². The van der Waals surface area contributed by atoms with Crippen LogP contribution in [-0.4, -0.2) is 29.3 Å². The van der Waals surface area contributed by atoms with Crippen molar-refractivity contribution in [1.29, 1.82) is 0 Å². The maximum Gasteiger partial charge on any atom is 0.155 e. The largest absolute Gasteiger partial charge is 0.381 e. The van der Waals surface area contributed by atoms with Gasteiger partial charge >= 0.3 is 0 Å². The number of ether oxygens (including phenoxy) is 1. The van der Waals surface area contributed by atoms with Crippen LogP contribution in [0.1, 0.15) is 65.2 Å². The molecular formula is C20H27I3O2. The minimum Gasteiger partial charge on any atom is -0.381 e. The van der Waals surface area contributed by atoms with E-state index in [0.717, 1.165) is 19.3 Å². The predicted molar refractivity (Wildman–Crippen MR) is 127 cm³/mol. The second-order valence-corrected chi connectivity index (χ2v) is 14.6. The summed E-state index contributed by atoms with van der Waals surface area (Å²) in [6.07, 6.45) is 11.4. The molecule has 4 aliphatic carbocycles. The zero-order chi connectivity index (χ0) is 18.3. The van der Waals surface area contributed by atoms with Gasteiger partial charge in [0.25, 0.3) is 0 Å². The third kappa shape index (κ3) is 2.19. The highest BCUT2D eigenvalue weighted by atomic mass is 127. The summed E-state index contributed by atoms with van der Waals surface area (Å²) >= 11 is 8.58. The van der Waals surface area contributed by atoms with Crippen LogP contribution in [0.3, 0.4) is 0 Å². The van der Waals surface area contributed by atoms with E-state index in [2.05, 4.69) is 81.6 Å². The summed E-state index contributed by atoms with van der Waals surface area (Å²) in [4.78, 5) is 12.1. The van der Waals surface area contributed by atoms with Crippen molar-refractivity contribution in [2.24, 2.45) is 10.8 Å². The number of alkyl halides is 3. The fraction of sp³-hybridized carbons (Fsp3) is 0.850. The molecule has 0 aromatic rings. The summed E-state index contributed by atoms with van der Waals surface area (Å²) in [5.74, 6) is 0.346. The van der Waals surface area contributed by atoms with E-state index >= 15 is 0 Å². The standard InChI is InChI=1S/C20H27I3O2/c1-16-7-5-14(24)12-13(16)4-8-20(23)18(21)9-6-15(25-3)17(18,2)10-11-19(16,20)22/h12,15H,4-11H2,1-3H3/t15-,16-,17+,18-,19-,20+/m0/s1. The second-order valence-electron chi connectivity index (χ2n) is 9.05. The molecular weight excluding hydrogens is 653 g/mol. The van der Waals surface area contributed by atoms with Crippen molar-refractivity contribution in [2.75, 3.05) is 7.11 Å². The van der Waals surface area contributed by atoms with Crippen LogP contribution in [0.15, 0.2) is 11.6 Å². The molecule has 3 fully saturated rings. The van der Waals surface area contributed by atoms with E-state index in [1.54, 1.807) is 0 Å². The first kappa shape index (κ1) is 19.9. The van der Waals surface area contributed by atoms with Gasteiger partial charge in [0, 0.05) is 31.2 Å². The second kappa shape index (κ2) is 6.03. The van der Waals surface area contributed by atoms with E-state index in [0.29, 0.717) is 11.9 Å². The van der Waals surface area contributed by atoms with Gasteiger partial charge in [-0.05, 0) is 51.0 Å². The monoisotopic (exact) mass is 680 g/mol. The lowest BCUT2D eigenvalue weighted by Crippen LogP contribution is -2.73. The third-order valence-electron chi connectivity index (χ3n) is 8.43. The predicted octanol–water partition coefficient (Wildman–Crippen LogP) is 6.21. The van der Waals surface area contributed by atoms with Crippen LogP contribution in [-0.2, 0) is 9.53 Å². The minimum atomic E-state index is 0.158. The Morgan fingerprint density at radius 3 is 2.36 bits per heavy atom. The first-order valence-electron chi connectivity index (χ1n) is 9.41. The van der Waals surface area contributed by atoms with Crippen LogP contribution in [0.5, 0.6) is 0 Å². The van der Waals surface area contributed by atoms with Crippen molar-refractivity contribution in [3.8, 4) is 0 Å². The van der Waals surface area contributed by atoms with Gasteiger partial charge in [-0.15, -0.1) is 0 Å². The Hall–Kier alpha value is 1.56. The van der Waals surface area contributed by atoms with Crippen LogP contribution in [0, 0.1) is 10.8 Å². The minimum absolute atomic E-state index is 0.158. The highest BCUT2D eigenvalue weighted by Gasteiger charge is 2.77. The van der Waals surface area contributed by atoms with Gasteiger partial charge in [-0.25, -0.2) is 0 Å². The molecule has 2 nitrogen and oxygen atoms in total. The van der Waals surface area contributed by atoms with Crippen LogP contribution in [0.4, 0.5) is 0 Å². The highest BCUT2D eigenvalue weighted by Crippen LogP contribution is 2.78. The fourth-order valence-corrected chi connectivity index (χ4v) is 12.5. The quantitative estimate of drug-likeness (QED) is 0.244. The lowest BCUT2D eigenvalue weighted by Gasteiger charge is -2.70. The molecule has 0 bridgehead atoms. The Balaban J connectivity index is 1.86. The number of hydrogen-bond acceptors (Lipinski definition) is 2. The smallest absolute Gasteiger partial charge is 0.155 e. The van der Waals surface area contributed by atoms with Crippen molar-refractivity contribution >= 4 is 73.6 Å². The van der Waals surface area contributed by atoms with Crippen LogP contribution in [0.25, 0.3) is 0 Å². The molecule has 4 rings (SSSR count). The van der Waals surface area contributed by atoms with Gasteiger partial charge in [0.2, 0.25) is 0 Å². The number of halogens is 3. The van der Waals surface area contributed by atoms with Crippen LogP contribution in [0.2, 0.25) is 0 Å². The van der Waals surface area contributed by atoms with Gasteiger partial charge in [-0.3, -0.25) is 4.79 Å². The van der Waals surface area contributed by atoms with Crippen molar-refractivity contribution < 1.29 is 9.53 Å². The summed E-state index contributed by atoms with van der Waals surface area (Å²) in [6.45, 7) is 4.96. The Kier molecular flexibility index (Phi) is 4.79. The van der Waals surface area contributed by atoms with Crippen molar-refractivity contribution in [2.45, 2.75) is 81.6 Å². The van der Waals surface area contributed by atoms with Crippen LogP contribution >= 0.6 is 67.8 Å². The molecule has 3 saturated carbocycles. The number of allylic oxidation sites excluding steroid dienone is 1. The Bertz CT molecular complexity index is 663. The van der Waals surface area contributed by atoms with Crippen LogP contribution < -0.4 is 0 Å². The van der Waals surface area contributed by atoms with E-state index in [1.807, 2.05) is 13.2 Å². The lowest BCUT2D eigenvalue weighted by atomic mass is 9.47. The average molecular weight is 680 g/mol. The Morgan fingerprint density at radius 1 is 0.960 bits per heavy atom. The maximum atomic E-state index is 12.1. The summed E-state index contributed by atoms with van der Waals surface area (Å²) in [5, 5.41) is 0. The van der Waals surface area contributed by atoms with Gasteiger partial charge in [-0.1, -0.05) is 87.2 Å². The van der Waals surface area contributed by atoms with Crippen molar-refractivity contribution in [3.63, 3.8) is 0 Å². The van der Waals surface area contributed by atoms with Gasteiger partial charge in [0.1, 0.15) is 0 Å². The topological polar surface area (TPSA) is 26.3 Å². The number of carbonyl (C=O) groups excluding carboxylic acids is 1. The molecule has 0 unspecified atom stereocenters. The number of rotatable bonds is 1. The van der Waals surface area contributed by atoms with Crippen molar-refractivity contribution in [1.82, 2.24) is 0 Å². The molecule has 0 aromatic carbocycles. The first-order valence-corrected chi connectivity index (χ1v) is 12.7. The molecule has 0 radical (unpaired) electrons. The molecule has 0 amide bonds. The molecule has 140 valence electrons. The van der Waals surface area contributed by atoms with E-state index in [-0.39, 0.29) is 21.1 Å². The maximum absolute atomic E-state index is 12.1. The summed E-state index contributed by atoms with van der Waals surface area (Å²) < 4.78 is 6.70. The van der Waals surface area contributed by atoms with Crippen molar-refractivity contribution in [3.05, 3.63) is 11.6 Å². The molecule has 25 heavy (non-hydrogen) atoms. The fourth-order valence-electron chi connectivity index (χ4n) is 6.70. The average Bonchev–Trinajstić information content (AvgIpc) is 2.84. The van der Waals surface area contributed by atoms with Gasteiger partial charge in [-0.2, -0.15) is 0 Å². The molecule has 0 saturated heterocycles.